The summed E-state index contributed by atoms with van der Waals surface area (Å²) >= 11 is 0. The minimum absolute atomic E-state index is 0.343. The second kappa shape index (κ2) is 6.42. The van der Waals surface area contributed by atoms with Crippen molar-refractivity contribution in [2.75, 3.05) is 0 Å². The van der Waals surface area contributed by atoms with E-state index in [1.165, 1.54) is 36.0 Å². The minimum Gasteiger partial charge on any atom is -0.508 e. The minimum atomic E-state index is 0.343. The van der Waals surface area contributed by atoms with Crippen LogP contribution in [0.5, 0.6) is 5.75 Å². The molecule has 0 bridgehead atoms. The van der Waals surface area contributed by atoms with Crippen molar-refractivity contribution in [2.24, 2.45) is 0 Å². The van der Waals surface area contributed by atoms with Gasteiger partial charge in [0.05, 0.1) is 0 Å². The number of rotatable bonds is 1. The fourth-order valence-electron chi connectivity index (χ4n) is 2.61. The highest BCUT2D eigenvalue weighted by Crippen LogP contribution is 2.38. The average molecular weight is 254 g/mol. The molecule has 0 radical (unpaired) electrons. The summed E-state index contributed by atoms with van der Waals surface area (Å²) in [5.74, 6) is 0.854. The molecule has 0 saturated heterocycles. The quantitative estimate of drug-likeness (QED) is 0.768. The third-order valence-electron chi connectivity index (χ3n) is 3.43. The first-order valence-electron chi connectivity index (χ1n) is 7.13. The van der Waals surface area contributed by atoms with Crippen LogP contribution in [-0.4, -0.2) is 5.11 Å². The summed E-state index contributed by atoms with van der Waals surface area (Å²) in [5.41, 5.74) is 4.23. The van der Waals surface area contributed by atoms with E-state index in [4.69, 9.17) is 0 Å². The van der Waals surface area contributed by atoms with Crippen LogP contribution in [0.2, 0.25) is 0 Å². The molecule has 0 saturated carbocycles. The molecular weight excluding hydrogens is 232 g/mol. The third kappa shape index (κ3) is 3.17. The van der Waals surface area contributed by atoms with Crippen LogP contribution < -0.4 is 0 Å². The molecule has 0 aromatic heterocycles. The van der Waals surface area contributed by atoms with E-state index < -0.39 is 0 Å². The third-order valence-corrected chi connectivity index (χ3v) is 3.43. The van der Waals surface area contributed by atoms with Crippen molar-refractivity contribution >= 4 is 0 Å². The molecule has 0 heterocycles. The van der Waals surface area contributed by atoms with E-state index >= 15 is 0 Å². The highest BCUT2D eigenvalue weighted by atomic mass is 16.3. The highest BCUT2D eigenvalue weighted by molar-refractivity contribution is 5.43. The van der Waals surface area contributed by atoms with Crippen LogP contribution in [0.4, 0.5) is 0 Å². The molecule has 0 amide bonds. The lowest BCUT2D eigenvalue weighted by Crippen LogP contribution is -1.95. The molecular formula is C18H22O. The maximum Gasteiger partial charge on any atom is 0.115 e. The predicted molar refractivity (Wildman–Crippen MR) is 80.7 cm³/mol. The molecule has 1 unspecified atom stereocenters. The Kier molecular flexibility index (Phi) is 4.62. The molecule has 1 nitrogen and oxygen atoms in total. The zero-order valence-corrected chi connectivity index (χ0v) is 11.8. The summed E-state index contributed by atoms with van der Waals surface area (Å²) in [6.07, 6.45) is 3.60. The van der Waals surface area contributed by atoms with Crippen LogP contribution in [0.1, 0.15) is 49.3 Å². The molecule has 0 spiro atoms. The van der Waals surface area contributed by atoms with Crippen molar-refractivity contribution < 1.29 is 5.11 Å². The Morgan fingerprint density at radius 3 is 2.32 bits per heavy atom. The molecule has 1 aliphatic carbocycles. The smallest absolute Gasteiger partial charge is 0.115 e. The Balaban J connectivity index is 0.000000408. The summed E-state index contributed by atoms with van der Waals surface area (Å²) in [6, 6.07) is 16.3. The molecule has 2 aromatic carbocycles. The first-order valence-corrected chi connectivity index (χ1v) is 7.13. The largest absolute Gasteiger partial charge is 0.508 e. The molecule has 2 aromatic rings. The molecule has 0 fully saturated rings. The molecule has 0 aliphatic heterocycles. The Labute approximate surface area is 115 Å². The highest BCUT2D eigenvalue weighted by Gasteiger charge is 2.22. The zero-order valence-electron chi connectivity index (χ0n) is 11.8. The van der Waals surface area contributed by atoms with Gasteiger partial charge in [0.2, 0.25) is 0 Å². The van der Waals surface area contributed by atoms with E-state index in [0.29, 0.717) is 11.7 Å². The van der Waals surface area contributed by atoms with Crippen LogP contribution in [0.25, 0.3) is 0 Å². The van der Waals surface area contributed by atoms with Crippen LogP contribution >= 0.6 is 0 Å². The predicted octanol–water partition coefficient (Wildman–Crippen LogP) is 4.89. The first-order chi connectivity index (χ1) is 9.26. The van der Waals surface area contributed by atoms with E-state index in [0.717, 1.165) is 0 Å². The fourth-order valence-corrected chi connectivity index (χ4v) is 2.61. The van der Waals surface area contributed by atoms with E-state index in [1.54, 1.807) is 12.1 Å². The second-order valence-corrected chi connectivity index (χ2v) is 5.09. The lowest BCUT2D eigenvalue weighted by molar-refractivity contribution is 0.475. The van der Waals surface area contributed by atoms with Crippen LogP contribution in [0.15, 0.2) is 48.5 Å². The van der Waals surface area contributed by atoms with Gasteiger partial charge in [0.25, 0.3) is 0 Å². The van der Waals surface area contributed by atoms with Crippen molar-refractivity contribution in [2.45, 2.75) is 39.0 Å². The number of phenols is 1. The van der Waals surface area contributed by atoms with Gasteiger partial charge in [-0.05, 0) is 41.7 Å². The molecule has 100 valence electrons. The van der Waals surface area contributed by atoms with Crippen molar-refractivity contribution in [1.29, 1.82) is 0 Å². The summed E-state index contributed by atoms with van der Waals surface area (Å²) in [6.45, 7) is 4.25. The van der Waals surface area contributed by atoms with Crippen LogP contribution in [0.3, 0.4) is 0 Å². The van der Waals surface area contributed by atoms with Crippen LogP contribution in [-0.2, 0) is 6.42 Å². The normalized spacial score (nSPS) is 16.4. The Hall–Kier alpha value is -1.76. The van der Waals surface area contributed by atoms with Gasteiger partial charge in [-0.1, -0.05) is 56.7 Å². The molecule has 19 heavy (non-hydrogen) atoms. The lowest BCUT2D eigenvalue weighted by atomic mass is 9.93. The van der Waals surface area contributed by atoms with Crippen molar-refractivity contribution in [3.8, 4) is 5.75 Å². The van der Waals surface area contributed by atoms with E-state index in [-0.39, 0.29) is 0 Å². The van der Waals surface area contributed by atoms with Crippen molar-refractivity contribution in [3.63, 3.8) is 0 Å². The molecule has 1 N–H and O–H groups in total. The fraction of sp³-hybridized carbons (Fsp3) is 0.333. The number of aryl methyl sites for hydroxylation is 1. The number of phenolic OH excluding ortho intramolecular Hbond substituents is 1. The van der Waals surface area contributed by atoms with Gasteiger partial charge < -0.3 is 5.11 Å². The second-order valence-electron chi connectivity index (χ2n) is 5.09. The standard InChI is InChI=1S/C15H14O.C3H8/c16-13-8-5-12(6-9-13)15-10-7-11-3-1-2-4-14(11)15;1-3-2/h1-6,8-9,15-16H,7,10H2;3H2,1-2H3. The molecule has 1 aliphatic rings. The van der Waals surface area contributed by atoms with Gasteiger partial charge in [-0.2, -0.15) is 0 Å². The van der Waals surface area contributed by atoms with Gasteiger partial charge in [0, 0.05) is 5.92 Å². The number of hydrogen-bond donors (Lipinski definition) is 1. The van der Waals surface area contributed by atoms with Gasteiger partial charge >= 0.3 is 0 Å². The van der Waals surface area contributed by atoms with Gasteiger partial charge in [0.15, 0.2) is 0 Å². The van der Waals surface area contributed by atoms with Crippen molar-refractivity contribution in [1.82, 2.24) is 0 Å². The van der Waals surface area contributed by atoms with Gasteiger partial charge in [-0.25, -0.2) is 0 Å². The molecule has 1 atom stereocenters. The number of hydrogen-bond acceptors (Lipinski definition) is 1. The SMILES string of the molecule is CCC.Oc1ccc(C2CCc3ccccc32)cc1. The lowest BCUT2D eigenvalue weighted by Gasteiger charge is -2.11. The number of benzene rings is 2. The summed E-state index contributed by atoms with van der Waals surface area (Å²) in [5, 5.41) is 9.29. The van der Waals surface area contributed by atoms with E-state index in [9.17, 15) is 5.11 Å². The summed E-state index contributed by atoms with van der Waals surface area (Å²) < 4.78 is 0. The van der Waals surface area contributed by atoms with Crippen LogP contribution in [0, 0.1) is 0 Å². The van der Waals surface area contributed by atoms with Gasteiger partial charge in [-0.3, -0.25) is 0 Å². The Morgan fingerprint density at radius 1 is 1.00 bits per heavy atom. The maximum atomic E-state index is 9.29. The number of aromatic hydroxyl groups is 1. The Morgan fingerprint density at radius 2 is 1.63 bits per heavy atom. The Bertz CT molecular complexity index is 513. The molecule has 3 rings (SSSR count). The van der Waals surface area contributed by atoms with Gasteiger partial charge in [-0.15, -0.1) is 0 Å². The van der Waals surface area contributed by atoms with Crippen molar-refractivity contribution in [3.05, 3.63) is 65.2 Å². The van der Waals surface area contributed by atoms with E-state index in [2.05, 4.69) is 38.1 Å². The molecule has 1 heteroatoms. The zero-order chi connectivity index (χ0) is 13.7. The average Bonchev–Trinajstić information content (AvgIpc) is 2.85. The maximum absolute atomic E-state index is 9.29. The van der Waals surface area contributed by atoms with Gasteiger partial charge in [0.1, 0.15) is 5.75 Å². The first kappa shape index (κ1) is 13.7. The number of fused-ring (bicyclic) bond motifs is 1. The monoisotopic (exact) mass is 254 g/mol. The van der Waals surface area contributed by atoms with E-state index in [1.807, 2.05) is 12.1 Å². The summed E-state index contributed by atoms with van der Waals surface area (Å²) in [4.78, 5) is 0. The summed E-state index contributed by atoms with van der Waals surface area (Å²) in [7, 11) is 0. The topological polar surface area (TPSA) is 20.2 Å².